The van der Waals surface area contributed by atoms with Crippen molar-refractivity contribution in [1.29, 1.82) is 0 Å². The highest BCUT2D eigenvalue weighted by molar-refractivity contribution is 5.79. The number of methoxy groups -OCH3 is 1. The zero-order chi connectivity index (χ0) is 14.6. The van der Waals surface area contributed by atoms with Crippen LogP contribution in [-0.4, -0.2) is 28.9 Å². The van der Waals surface area contributed by atoms with Crippen molar-refractivity contribution in [3.63, 3.8) is 0 Å². The third-order valence-corrected chi connectivity index (χ3v) is 3.68. The maximum atomic E-state index is 11.5. The van der Waals surface area contributed by atoms with Gasteiger partial charge in [0.2, 0.25) is 0 Å². The van der Waals surface area contributed by atoms with Gasteiger partial charge in [-0.2, -0.15) is 0 Å². The van der Waals surface area contributed by atoms with Gasteiger partial charge in [-0.3, -0.25) is 0 Å². The molecule has 4 heteroatoms. The van der Waals surface area contributed by atoms with Crippen molar-refractivity contribution in [3.8, 4) is 5.75 Å². The van der Waals surface area contributed by atoms with Crippen molar-refractivity contribution in [2.75, 3.05) is 7.11 Å². The average Bonchev–Trinajstić information content (AvgIpc) is 2.39. The highest BCUT2D eigenvalue weighted by Crippen LogP contribution is 2.37. The van der Waals surface area contributed by atoms with Crippen molar-refractivity contribution < 1.29 is 19.7 Å². The summed E-state index contributed by atoms with van der Waals surface area (Å²) in [6.45, 7) is 5.33. The Hall–Kier alpha value is -1.55. The van der Waals surface area contributed by atoms with Crippen LogP contribution in [0.3, 0.4) is 0 Å². The summed E-state index contributed by atoms with van der Waals surface area (Å²) in [4.78, 5) is 11.5. The summed E-state index contributed by atoms with van der Waals surface area (Å²) in [5.74, 6) is -1.29. The molecule has 0 amide bonds. The monoisotopic (exact) mass is 266 g/mol. The van der Waals surface area contributed by atoms with E-state index in [0.717, 1.165) is 5.56 Å². The number of carboxylic acids is 1. The summed E-state index contributed by atoms with van der Waals surface area (Å²) in [5.41, 5.74) is -0.953. The van der Waals surface area contributed by atoms with E-state index < -0.39 is 17.5 Å². The van der Waals surface area contributed by atoms with Gasteiger partial charge in [-0.25, -0.2) is 4.79 Å². The largest absolute Gasteiger partial charge is 0.497 e. The molecule has 0 heterocycles. The minimum Gasteiger partial charge on any atom is -0.497 e. The number of carbonyl (C=O) groups is 1. The predicted octanol–water partition coefficient (Wildman–Crippen LogP) is 2.66. The smallest absolute Gasteiger partial charge is 0.336 e. The lowest BCUT2D eigenvalue weighted by molar-refractivity contribution is -0.167. The molecular weight excluding hydrogens is 244 g/mol. The fourth-order valence-electron chi connectivity index (χ4n) is 2.44. The van der Waals surface area contributed by atoms with Crippen LogP contribution in [0.15, 0.2) is 24.3 Å². The third kappa shape index (κ3) is 2.89. The van der Waals surface area contributed by atoms with Crippen LogP contribution in [-0.2, 0) is 4.79 Å². The second-order valence-corrected chi connectivity index (χ2v) is 5.02. The Morgan fingerprint density at radius 3 is 2.16 bits per heavy atom. The van der Waals surface area contributed by atoms with Crippen LogP contribution >= 0.6 is 0 Å². The minimum atomic E-state index is -1.76. The fourth-order valence-corrected chi connectivity index (χ4v) is 2.44. The molecule has 0 saturated heterocycles. The van der Waals surface area contributed by atoms with Crippen molar-refractivity contribution in [1.82, 2.24) is 0 Å². The molecule has 0 aromatic heterocycles. The van der Waals surface area contributed by atoms with Crippen LogP contribution in [0.4, 0.5) is 0 Å². The van der Waals surface area contributed by atoms with Crippen LogP contribution in [0.25, 0.3) is 0 Å². The van der Waals surface area contributed by atoms with Gasteiger partial charge in [0.25, 0.3) is 0 Å². The molecule has 2 N–H and O–H groups in total. The number of aliphatic hydroxyl groups is 1. The first-order valence-corrected chi connectivity index (χ1v) is 6.47. The summed E-state index contributed by atoms with van der Waals surface area (Å²) in [5, 5.41) is 20.0. The molecule has 106 valence electrons. The topological polar surface area (TPSA) is 66.8 Å². The van der Waals surface area contributed by atoms with E-state index in [1.807, 2.05) is 19.1 Å². The first kappa shape index (κ1) is 15.5. The van der Waals surface area contributed by atoms with Crippen LogP contribution < -0.4 is 4.74 Å². The van der Waals surface area contributed by atoms with Crippen LogP contribution in [0.2, 0.25) is 0 Å². The van der Waals surface area contributed by atoms with Gasteiger partial charge in [-0.1, -0.05) is 32.9 Å². The lowest BCUT2D eigenvalue weighted by Gasteiger charge is -2.35. The number of hydrogen-bond acceptors (Lipinski definition) is 3. The van der Waals surface area contributed by atoms with Crippen LogP contribution in [0.5, 0.6) is 5.75 Å². The molecule has 1 aromatic carbocycles. The molecule has 1 aromatic rings. The Labute approximate surface area is 114 Å². The third-order valence-electron chi connectivity index (χ3n) is 3.68. The predicted molar refractivity (Wildman–Crippen MR) is 73.4 cm³/mol. The SMILES string of the molecule is CCC(c1ccc(OC)cc1)C(O)(C(=O)O)C(C)C. The number of carboxylic acid groups (broad SMARTS) is 1. The van der Waals surface area contributed by atoms with E-state index in [-0.39, 0.29) is 5.92 Å². The molecule has 0 fully saturated rings. The molecule has 1 rings (SSSR count). The van der Waals surface area contributed by atoms with E-state index >= 15 is 0 Å². The number of rotatable bonds is 6. The summed E-state index contributed by atoms with van der Waals surface area (Å²) < 4.78 is 5.08. The minimum absolute atomic E-state index is 0.378. The standard InChI is InChI=1S/C15H22O4/c1-5-13(15(18,10(2)3)14(16)17)11-6-8-12(19-4)9-7-11/h6-10,13,18H,5H2,1-4H3,(H,16,17). The maximum absolute atomic E-state index is 11.5. The molecule has 2 unspecified atom stereocenters. The molecular formula is C15H22O4. The van der Waals surface area contributed by atoms with Crippen molar-refractivity contribution in [2.45, 2.75) is 38.7 Å². The molecule has 0 aliphatic carbocycles. The van der Waals surface area contributed by atoms with E-state index in [2.05, 4.69) is 0 Å². The second-order valence-electron chi connectivity index (χ2n) is 5.02. The molecule has 0 radical (unpaired) electrons. The Kier molecular flexibility index (Phi) is 4.95. The first-order chi connectivity index (χ1) is 8.87. The quantitative estimate of drug-likeness (QED) is 0.830. The van der Waals surface area contributed by atoms with Gasteiger partial charge in [0.05, 0.1) is 7.11 Å². The molecule has 0 bridgehead atoms. The number of benzene rings is 1. The van der Waals surface area contributed by atoms with Gasteiger partial charge in [0.15, 0.2) is 5.60 Å². The summed E-state index contributed by atoms with van der Waals surface area (Å²) in [6, 6.07) is 7.17. The molecule has 2 atom stereocenters. The van der Waals surface area contributed by atoms with Gasteiger partial charge in [-0.15, -0.1) is 0 Å². The van der Waals surface area contributed by atoms with E-state index in [0.29, 0.717) is 12.2 Å². The Balaban J connectivity index is 3.20. The summed E-state index contributed by atoms with van der Waals surface area (Å²) >= 11 is 0. The van der Waals surface area contributed by atoms with Crippen molar-refractivity contribution >= 4 is 5.97 Å². The molecule has 0 spiro atoms. The van der Waals surface area contributed by atoms with Gasteiger partial charge < -0.3 is 14.9 Å². The van der Waals surface area contributed by atoms with Crippen molar-refractivity contribution in [3.05, 3.63) is 29.8 Å². The first-order valence-electron chi connectivity index (χ1n) is 6.47. The van der Waals surface area contributed by atoms with Gasteiger partial charge in [0, 0.05) is 5.92 Å². The van der Waals surface area contributed by atoms with E-state index in [1.54, 1.807) is 33.1 Å². The molecule has 19 heavy (non-hydrogen) atoms. The second kappa shape index (κ2) is 6.06. The van der Waals surface area contributed by atoms with Crippen LogP contribution in [0, 0.1) is 5.92 Å². The normalized spacial score (nSPS) is 15.9. The fraction of sp³-hybridized carbons (Fsp3) is 0.533. The zero-order valence-electron chi connectivity index (χ0n) is 11.9. The maximum Gasteiger partial charge on any atom is 0.336 e. The zero-order valence-corrected chi connectivity index (χ0v) is 11.9. The summed E-state index contributed by atoms with van der Waals surface area (Å²) in [7, 11) is 1.58. The highest BCUT2D eigenvalue weighted by atomic mass is 16.5. The van der Waals surface area contributed by atoms with Gasteiger partial charge >= 0.3 is 5.97 Å². The Morgan fingerprint density at radius 1 is 1.32 bits per heavy atom. The Morgan fingerprint density at radius 2 is 1.84 bits per heavy atom. The molecule has 0 saturated carbocycles. The average molecular weight is 266 g/mol. The van der Waals surface area contributed by atoms with Crippen LogP contribution in [0.1, 0.15) is 38.7 Å². The van der Waals surface area contributed by atoms with Crippen molar-refractivity contribution in [2.24, 2.45) is 5.92 Å². The van der Waals surface area contributed by atoms with Gasteiger partial charge in [0.1, 0.15) is 5.75 Å². The molecule has 4 nitrogen and oxygen atoms in total. The Bertz CT molecular complexity index is 424. The van der Waals surface area contributed by atoms with E-state index in [1.165, 1.54) is 0 Å². The highest BCUT2D eigenvalue weighted by Gasteiger charge is 2.46. The number of ether oxygens (including phenoxy) is 1. The molecule has 0 aliphatic rings. The van der Waals surface area contributed by atoms with E-state index in [4.69, 9.17) is 4.74 Å². The van der Waals surface area contributed by atoms with E-state index in [9.17, 15) is 15.0 Å². The van der Waals surface area contributed by atoms with Gasteiger partial charge in [-0.05, 0) is 30.0 Å². The molecule has 0 aliphatic heterocycles. The lowest BCUT2D eigenvalue weighted by Crippen LogP contribution is -2.49. The number of hydrogen-bond donors (Lipinski definition) is 2. The summed E-state index contributed by atoms with van der Waals surface area (Å²) in [6.07, 6.45) is 0.549. The lowest BCUT2D eigenvalue weighted by atomic mass is 9.73. The number of aliphatic carboxylic acids is 1.